The molecule has 0 aromatic carbocycles. The lowest BCUT2D eigenvalue weighted by Crippen LogP contribution is -2.36. The Balaban J connectivity index is 0.00000364. The van der Waals surface area contributed by atoms with Crippen molar-refractivity contribution < 1.29 is 17.7 Å². The van der Waals surface area contributed by atoms with Crippen molar-refractivity contribution in [3.63, 3.8) is 0 Å². The van der Waals surface area contributed by atoms with Crippen molar-refractivity contribution in [2.45, 2.75) is 51.9 Å². The number of aromatic nitrogens is 2. The van der Waals surface area contributed by atoms with Gasteiger partial charge in [-0.05, 0) is 12.8 Å². The molecule has 0 amide bonds. The minimum atomic E-state index is -4.42. The molecule has 11 heteroatoms. The third-order valence-electron chi connectivity index (χ3n) is 3.88. The molecular weight excluding hydrogens is 494 g/mol. The van der Waals surface area contributed by atoms with E-state index in [1.54, 1.807) is 7.05 Å². The zero-order valence-corrected chi connectivity index (χ0v) is 18.4. The Bertz CT molecular complexity index is 728. The van der Waals surface area contributed by atoms with Crippen molar-refractivity contribution in [3.05, 3.63) is 33.6 Å². The summed E-state index contributed by atoms with van der Waals surface area (Å²) in [6.07, 6.45) is -2.44. The van der Waals surface area contributed by atoms with Gasteiger partial charge in [-0.25, -0.2) is 4.98 Å². The van der Waals surface area contributed by atoms with Crippen LogP contribution >= 0.6 is 35.3 Å². The molecule has 2 N–H and O–H groups in total. The molecule has 0 aliphatic rings. The van der Waals surface area contributed by atoms with Crippen molar-refractivity contribution in [1.29, 1.82) is 0 Å². The van der Waals surface area contributed by atoms with Crippen LogP contribution in [0.4, 0.5) is 13.2 Å². The van der Waals surface area contributed by atoms with Crippen LogP contribution in [0.3, 0.4) is 0 Å². The van der Waals surface area contributed by atoms with Crippen molar-refractivity contribution >= 4 is 41.3 Å². The number of rotatable bonds is 7. The van der Waals surface area contributed by atoms with Crippen LogP contribution in [-0.4, -0.2) is 23.1 Å². The van der Waals surface area contributed by atoms with Crippen LogP contribution in [-0.2, 0) is 19.3 Å². The van der Waals surface area contributed by atoms with Gasteiger partial charge in [-0.2, -0.15) is 13.2 Å². The van der Waals surface area contributed by atoms with Crippen LogP contribution in [0, 0.1) is 0 Å². The summed E-state index contributed by atoms with van der Waals surface area (Å²) < 4.78 is 43.0. The molecule has 0 fully saturated rings. The maximum atomic E-state index is 12.6. The van der Waals surface area contributed by atoms with Gasteiger partial charge in [0.1, 0.15) is 5.01 Å². The van der Waals surface area contributed by atoms with E-state index in [1.165, 1.54) is 0 Å². The number of aliphatic imine (C=N–C) groups is 1. The fourth-order valence-electron chi connectivity index (χ4n) is 2.38. The lowest BCUT2D eigenvalue weighted by atomic mass is 9.99. The largest absolute Gasteiger partial charge is 0.434 e. The van der Waals surface area contributed by atoms with E-state index < -0.39 is 11.9 Å². The fraction of sp³-hybridized carbons (Fsp3) is 0.562. The third kappa shape index (κ3) is 6.94. The highest BCUT2D eigenvalue weighted by Crippen LogP contribution is 2.29. The zero-order valence-electron chi connectivity index (χ0n) is 15.3. The average Bonchev–Trinajstić information content (AvgIpc) is 3.25. The topological polar surface area (TPSA) is 75.3 Å². The lowest BCUT2D eigenvalue weighted by molar-refractivity contribution is -0.140. The fourth-order valence-corrected chi connectivity index (χ4v) is 3.13. The van der Waals surface area contributed by atoms with Gasteiger partial charge in [0.05, 0.1) is 18.8 Å². The molecule has 0 aliphatic carbocycles. The average molecular weight is 517 g/mol. The summed E-state index contributed by atoms with van der Waals surface area (Å²) in [7, 11) is 1.58. The van der Waals surface area contributed by atoms with E-state index >= 15 is 0 Å². The number of hydrogen-bond donors (Lipinski definition) is 2. The van der Waals surface area contributed by atoms with Crippen molar-refractivity contribution in [1.82, 2.24) is 20.8 Å². The molecule has 0 unspecified atom stereocenters. The summed E-state index contributed by atoms with van der Waals surface area (Å²) in [6.45, 7) is 4.74. The van der Waals surface area contributed by atoms with E-state index in [4.69, 9.17) is 4.52 Å². The molecule has 2 aromatic heterocycles. The maximum absolute atomic E-state index is 12.6. The van der Waals surface area contributed by atoms with Gasteiger partial charge in [-0.1, -0.05) is 19.0 Å². The maximum Gasteiger partial charge on any atom is 0.434 e. The SMILES string of the molecule is CCC(CC)c1cc(CNC(=NC)NCc2nc(C(F)(F)F)cs2)on1.I. The first-order valence-corrected chi connectivity index (χ1v) is 9.16. The predicted molar refractivity (Wildman–Crippen MR) is 109 cm³/mol. The zero-order chi connectivity index (χ0) is 19.2. The second-order valence-electron chi connectivity index (χ2n) is 5.64. The predicted octanol–water partition coefficient (Wildman–Crippen LogP) is 4.54. The molecule has 0 saturated carbocycles. The van der Waals surface area contributed by atoms with Gasteiger partial charge in [0.2, 0.25) is 0 Å². The van der Waals surface area contributed by atoms with Gasteiger partial charge < -0.3 is 15.2 Å². The number of hydrogen-bond acceptors (Lipinski definition) is 5. The van der Waals surface area contributed by atoms with E-state index in [1.807, 2.05) is 6.07 Å². The molecular formula is C16H23F3IN5OS. The summed E-state index contributed by atoms with van der Waals surface area (Å²) in [5.41, 5.74) is 0.0510. The van der Waals surface area contributed by atoms with Crippen LogP contribution < -0.4 is 10.6 Å². The van der Waals surface area contributed by atoms with Crippen LogP contribution in [0.15, 0.2) is 21.0 Å². The molecule has 0 bridgehead atoms. The van der Waals surface area contributed by atoms with E-state index in [0.29, 0.717) is 29.2 Å². The highest BCUT2D eigenvalue weighted by molar-refractivity contribution is 14.0. The molecule has 0 atom stereocenters. The standard InChI is InChI=1S/C16H22F3N5OS.HI/c1-4-10(5-2)12-6-11(25-24-12)7-21-15(20-3)22-8-14-23-13(9-26-14)16(17,18)19;/h6,9-10H,4-5,7-8H2,1-3H3,(H2,20,21,22);1H. The molecule has 27 heavy (non-hydrogen) atoms. The Morgan fingerprint density at radius 3 is 2.48 bits per heavy atom. The molecule has 2 rings (SSSR count). The van der Waals surface area contributed by atoms with Gasteiger partial charge in [0, 0.05) is 24.4 Å². The summed E-state index contributed by atoms with van der Waals surface area (Å²) >= 11 is 0.950. The number of nitrogens with zero attached hydrogens (tertiary/aromatic N) is 3. The van der Waals surface area contributed by atoms with Crippen LogP contribution in [0.1, 0.15) is 54.8 Å². The smallest absolute Gasteiger partial charge is 0.359 e. The molecule has 0 saturated heterocycles. The van der Waals surface area contributed by atoms with Crippen LogP contribution in [0.2, 0.25) is 0 Å². The molecule has 0 spiro atoms. The number of thiazole rings is 1. The minimum Gasteiger partial charge on any atom is -0.359 e. The van der Waals surface area contributed by atoms with E-state index in [2.05, 4.69) is 39.6 Å². The molecule has 0 aliphatic heterocycles. The number of alkyl halides is 3. The number of halogens is 4. The Morgan fingerprint density at radius 2 is 1.93 bits per heavy atom. The Labute approximate surface area is 177 Å². The summed E-state index contributed by atoms with van der Waals surface area (Å²) in [4.78, 5) is 7.60. The second kappa shape index (κ2) is 10.8. The normalized spacial score (nSPS) is 12.2. The van der Waals surface area contributed by atoms with E-state index in [-0.39, 0.29) is 30.5 Å². The highest BCUT2D eigenvalue weighted by atomic mass is 127. The Hall–Kier alpha value is -1.37. The number of guanidine groups is 1. The van der Waals surface area contributed by atoms with Gasteiger partial charge >= 0.3 is 6.18 Å². The summed E-state index contributed by atoms with van der Waals surface area (Å²) in [5.74, 6) is 1.48. The number of nitrogens with one attached hydrogen (secondary N) is 2. The van der Waals surface area contributed by atoms with Crippen LogP contribution in [0.25, 0.3) is 0 Å². The van der Waals surface area contributed by atoms with Gasteiger partial charge in [0.15, 0.2) is 17.4 Å². The van der Waals surface area contributed by atoms with E-state index in [0.717, 1.165) is 35.3 Å². The van der Waals surface area contributed by atoms with Crippen molar-refractivity contribution in [2.75, 3.05) is 7.05 Å². The van der Waals surface area contributed by atoms with Crippen molar-refractivity contribution in [2.24, 2.45) is 4.99 Å². The minimum absolute atomic E-state index is 0. The third-order valence-corrected chi connectivity index (χ3v) is 4.73. The summed E-state index contributed by atoms with van der Waals surface area (Å²) in [5, 5.41) is 11.4. The molecule has 2 heterocycles. The van der Waals surface area contributed by atoms with E-state index in [9.17, 15) is 13.2 Å². The summed E-state index contributed by atoms with van der Waals surface area (Å²) in [6, 6.07) is 1.91. The van der Waals surface area contributed by atoms with Crippen LogP contribution in [0.5, 0.6) is 0 Å². The van der Waals surface area contributed by atoms with Gasteiger partial charge in [-0.15, -0.1) is 35.3 Å². The molecule has 0 radical (unpaired) electrons. The lowest BCUT2D eigenvalue weighted by Gasteiger charge is -2.09. The molecule has 2 aromatic rings. The second-order valence-corrected chi connectivity index (χ2v) is 6.58. The first kappa shape index (κ1) is 23.7. The Morgan fingerprint density at radius 1 is 1.26 bits per heavy atom. The first-order chi connectivity index (χ1) is 12.4. The highest BCUT2D eigenvalue weighted by Gasteiger charge is 2.33. The van der Waals surface area contributed by atoms with Gasteiger partial charge in [-0.3, -0.25) is 4.99 Å². The molecule has 152 valence electrons. The molecule has 6 nitrogen and oxygen atoms in total. The van der Waals surface area contributed by atoms with Gasteiger partial charge in [0.25, 0.3) is 0 Å². The Kier molecular flexibility index (Phi) is 9.50. The van der Waals surface area contributed by atoms with Crippen molar-refractivity contribution in [3.8, 4) is 0 Å². The monoisotopic (exact) mass is 517 g/mol. The quantitative estimate of drug-likeness (QED) is 0.321. The first-order valence-electron chi connectivity index (χ1n) is 8.28.